The molecule has 27 heavy (non-hydrogen) atoms. The van der Waals surface area contributed by atoms with Crippen molar-refractivity contribution in [3.8, 4) is 5.75 Å². The quantitative estimate of drug-likeness (QED) is 0.497. The highest BCUT2D eigenvalue weighted by molar-refractivity contribution is 5.30. The lowest BCUT2D eigenvalue weighted by molar-refractivity contribution is -0.180. The average Bonchev–Trinajstić information content (AvgIpc) is 2.64. The predicted molar refractivity (Wildman–Crippen MR) is 97.1 cm³/mol. The van der Waals surface area contributed by atoms with Gasteiger partial charge in [0.25, 0.3) is 0 Å². The lowest BCUT2D eigenvalue weighted by Gasteiger charge is -2.26. The van der Waals surface area contributed by atoms with E-state index < -0.39 is 24.2 Å². The zero-order valence-electron chi connectivity index (χ0n) is 15.4. The molecular weight excluding hydrogens is 356 g/mol. The van der Waals surface area contributed by atoms with Crippen LogP contribution in [0.15, 0.2) is 42.5 Å². The fourth-order valence-corrected chi connectivity index (χ4v) is 3.65. The minimum Gasteiger partial charge on any atom is -0.433 e. The Hall–Kier alpha value is -2.04. The van der Waals surface area contributed by atoms with E-state index in [0.717, 1.165) is 30.4 Å². The monoisotopic (exact) mass is 380 g/mol. The van der Waals surface area contributed by atoms with E-state index in [0.29, 0.717) is 5.92 Å². The molecule has 0 heterocycles. The molecule has 146 valence electrons. The molecule has 1 aliphatic rings. The van der Waals surface area contributed by atoms with Crippen LogP contribution in [-0.2, 0) is 6.42 Å². The number of rotatable bonds is 6. The third-order valence-corrected chi connectivity index (χ3v) is 5.35. The van der Waals surface area contributed by atoms with Crippen LogP contribution in [0.2, 0.25) is 0 Å². The maximum atomic E-state index is 14.1. The number of hydrogen-bond acceptors (Lipinski definition) is 1. The minimum atomic E-state index is -3.46. The summed E-state index contributed by atoms with van der Waals surface area (Å²) in [5.41, 5.74) is 1.07. The standard InChI is InChI=1S/C22H24F4O/c1-15-5-7-16(8-6-15)17-9-11-19(12-10-17)27-22(25,26)14-13-18-3-2-4-20(23)21(18)24/h2-4,9-12,15-16H,5-8,13-14H2,1H3. The van der Waals surface area contributed by atoms with Crippen LogP contribution in [0.1, 0.15) is 56.1 Å². The van der Waals surface area contributed by atoms with Crippen molar-refractivity contribution in [3.05, 3.63) is 65.2 Å². The molecule has 0 aliphatic heterocycles. The lowest BCUT2D eigenvalue weighted by Crippen LogP contribution is -2.25. The molecule has 5 heteroatoms. The molecule has 1 saturated carbocycles. The normalized spacial score (nSPS) is 20.5. The summed E-state index contributed by atoms with van der Waals surface area (Å²) in [4.78, 5) is 0. The Morgan fingerprint density at radius 3 is 2.30 bits per heavy atom. The van der Waals surface area contributed by atoms with Crippen molar-refractivity contribution in [3.63, 3.8) is 0 Å². The topological polar surface area (TPSA) is 9.23 Å². The molecule has 0 saturated heterocycles. The van der Waals surface area contributed by atoms with Crippen LogP contribution in [0, 0.1) is 17.6 Å². The molecule has 1 aliphatic carbocycles. The highest BCUT2D eigenvalue weighted by atomic mass is 19.3. The van der Waals surface area contributed by atoms with Gasteiger partial charge in [0.2, 0.25) is 0 Å². The zero-order valence-corrected chi connectivity index (χ0v) is 15.4. The van der Waals surface area contributed by atoms with Gasteiger partial charge in [0.15, 0.2) is 11.6 Å². The Bertz CT molecular complexity index is 749. The maximum absolute atomic E-state index is 14.1. The van der Waals surface area contributed by atoms with Gasteiger partial charge in [-0.1, -0.05) is 44.0 Å². The van der Waals surface area contributed by atoms with Crippen molar-refractivity contribution in [2.75, 3.05) is 0 Å². The summed E-state index contributed by atoms with van der Waals surface area (Å²) < 4.78 is 59.7. The van der Waals surface area contributed by atoms with Gasteiger partial charge in [-0.15, -0.1) is 0 Å². The summed E-state index contributed by atoms with van der Waals surface area (Å²) in [7, 11) is 0. The van der Waals surface area contributed by atoms with Gasteiger partial charge in [-0.25, -0.2) is 8.78 Å². The van der Waals surface area contributed by atoms with Gasteiger partial charge in [0, 0.05) is 0 Å². The van der Waals surface area contributed by atoms with Crippen LogP contribution in [0.3, 0.4) is 0 Å². The summed E-state index contributed by atoms with van der Waals surface area (Å²) in [5, 5.41) is 0. The van der Waals surface area contributed by atoms with E-state index in [2.05, 4.69) is 6.92 Å². The molecule has 0 atom stereocenters. The molecule has 0 unspecified atom stereocenters. The second-order valence-corrected chi connectivity index (χ2v) is 7.48. The van der Waals surface area contributed by atoms with Crippen LogP contribution in [-0.4, -0.2) is 6.11 Å². The molecule has 1 fully saturated rings. The zero-order chi connectivity index (χ0) is 19.4. The molecular formula is C22H24F4O. The van der Waals surface area contributed by atoms with E-state index in [9.17, 15) is 17.6 Å². The number of aryl methyl sites for hydroxylation is 1. The van der Waals surface area contributed by atoms with Gasteiger partial charge >= 0.3 is 6.11 Å². The molecule has 0 spiro atoms. The van der Waals surface area contributed by atoms with Crippen molar-refractivity contribution in [1.29, 1.82) is 0 Å². The summed E-state index contributed by atoms with van der Waals surface area (Å²) in [5.74, 6) is -0.811. The highest BCUT2D eigenvalue weighted by Crippen LogP contribution is 2.36. The van der Waals surface area contributed by atoms with Gasteiger partial charge in [-0.05, 0) is 60.4 Å². The Morgan fingerprint density at radius 1 is 0.963 bits per heavy atom. The fourth-order valence-electron chi connectivity index (χ4n) is 3.65. The van der Waals surface area contributed by atoms with E-state index in [-0.39, 0.29) is 17.7 Å². The second kappa shape index (κ2) is 8.32. The van der Waals surface area contributed by atoms with Gasteiger partial charge < -0.3 is 4.74 Å². The van der Waals surface area contributed by atoms with E-state index >= 15 is 0 Å². The van der Waals surface area contributed by atoms with Crippen molar-refractivity contribution in [2.45, 2.75) is 57.5 Å². The van der Waals surface area contributed by atoms with Crippen molar-refractivity contribution in [1.82, 2.24) is 0 Å². The van der Waals surface area contributed by atoms with E-state index in [1.165, 1.54) is 25.0 Å². The van der Waals surface area contributed by atoms with Crippen LogP contribution in [0.4, 0.5) is 17.6 Å². The van der Waals surface area contributed by atoms with Crippen LogP contribution < -0.4 is 4.74 Å². The fraction of sp³-hybridized carbons (Fsp3) is 0.455. The molecule has 0 amide bonds. The van der Waals surface area contributed by atoms with Crippen LogP contribution in [0.25, 0.3) is 0 Å². The van der Waals surface area contributed by atoms with Crippen LogP contribution >= 0.6 is 0 Å². The number of hydrogen-bond donors (Lipinski definition) is 0. The van der Waals surface area contributed by atoms with E-state index in [1.54, 1.807) is 12.1 Å². The van der Waals surface area contributed by atoms with Crippen LogP contribution in [0.5, 0.6) is 5.75 Å². The first-order chi connectivity index (χ1) is 12.8. The Kier molecular flexibility index (Phi) is 6.08. The van der Waals surface area contributed by atoms with Gasteiger partial charge in [0.1, 0.15) is 5.75 Å². The molecule has 0 bridgehead atoms. The summed E-state index contributed by atoms with van der Waals surface area (Å²) >= 11 is 0. The molecule has 3 rings (SSSR count). The SMILES string of the molecule is CC1CCC(c2ccc(OC(F)(F)CCc3cccc(F)c3F)cc2)CC1. The number of alkyl halides is 2. The number of benzene rings is 2. The molecule has 2 aromatic carbocycles. The summed E-state index contributed by atoms with van der Waals surface area (Å²) in [6.45, 7) is 2.25. The predicted octanol–water partition coefficient (Wildman–Crippen LogP) is 6.86. The number of halogens is 4. The van der Waals surface area contributed by atoms with Gasteiger partial charge in [0.05, 0.1) is 6.42 Å². The molecule has 0 aromatic heterocycles. The van der Waals surface area contributed by atoms with Crippen molar-refractivity contribution < 1.29 is 22.3 Å². The maximum Gasteiger partial charge on any atom is 0.398 e. The summed E-state index contributed by atoms with van der Waals surface area (Å²) in [6.07, 6.45) is 0.133. The summed E-state index contributed by atoms with van der Waals surface area (Å²) in [6, 6.07) is 10.4. The third kappa shape index (κ3) is 5.24. The largest absolute Gasteiger partial charge is 0.433 e. The lowest BCUT2D eigenvalue weighted by atomic mass is 9.79. The second-order valence-electron chi connectivity index (χ2n) is 7.48. The van der Waals surface area contributed by atoms with Crippen molar-refractivity contribution >= 4 is 0 Å². The van der Waals surface area contributed by atoms with Gasteiger partial charge in [-0.3, -0.25) is 0 Å². The smallest absolute Gasteiger partial charge is 0.398 e. The Labute approximate surface area is 157 Å². The highest BCUT2D eigenvalue weighted by Gasteiger charge is 2.32. The first kappa shape index (κ1) is 19.7. The number of ether oxygens (including phenoxy) is 1. The van der Waals surface area contributed by atoms with Gasteiger partial charge in [-0.2, -0.15) is 8.78 Å². The molecule has 2 aromatic rings. The third-order valence-electron chi connectivity index (χ3n) is 5.35. The Balaban J connectivity index is 1.57. The Morgan fingerprint density at radius 2 is 1.63 bits per heavy atom. The van der Waals surface area contributed by atoms with E-state index in [4.69, 9.17) is 4.74 Å². The molecule has 1 nitrogen and oxygen atoms in total. The average molecular weight is 380 g/mol. The van der Waals surface area contributed by atoms with Crippen molar-refractivity contribution in [2.24, 2.45) is 5.92 Å². The van der Waals surface area contributed by atoms with E-state index in [1.807, 2.05) is 12.1 Å². The molecule has 0 N–H and O–H groups in total. The minimum absolute atomic E-state index is 0.0765. The molecule has 0 radical (unpaired) electrons. The first-order valence-corrected chi connectivity index (χ1v) is 9.44. The first-order valence-electron chi connectivity index (χ1n) is 9.44.